The van der Waals surface area contributed by atoms with Crippen molar-refractivity contribution >= 4 is 11.5 Å². The van der Waals surface area contributed by atoms with Crippen molar-refractivity contribution < 1.29 is 14.2 Å². The van der Waals surface area contributed by atoms with Crippen molar-refractivity contribution in [1.82, 2.24) is 15.1 Å². The van der Waals surface area contributed by atoms with E-state index in [9.17, 15) is 10.1 Å². The van der Waals surface area contributed by atoms with Crippen LogP contribution in [0.2, 0.25) is 0 Å². The first-order chi connectivity index (χ1) is 8.72. The molecule has 2 heterocycles. The van der Waals surface area contributed by atoms with Gasteiger partial charge in [-0.2, -0.15) is 4.98 Å². The molecule has 0 atom stereocenters. The molecule has 0 bridgehead atoms. The molecule has 0 aliphatic heterocycles. The van der Waals surface area contributed by atoms with E-state index in [4.69, 9.17) is 4.74 Å². The molecule has 0 aliphatic carbocycles. The van der Waals surface area contributed by atoms with E-state index in [1.54, 1.807) is 6.07 Å². The quantitative estimate of drug-likeness (QED) is 0.617. The van der Waals surface area contributed by atoms with Crippen molar-refractivity contribution in [3.05, 3.63) is 34.5 Å². The monoisotopic (exact) mass is 251 g/mol. The Kier molecular flexibility index (Phi) is 3.32. The lowest BCUT2D eigenvalue weighted by molar-refractivity contribution is -0.385. The molecular weight excluding hydrogens is 242 g/mol. The Labute approximate surface area is 101 Å². The molecule has 9 heteroatoms. The molecule has 0 saturated carbocycles. The van der Waals surface area contributed by atoms with Gasteiger partial charge in [-0.25, -0.2) is 4.98 Å². The summed E-state index contributed by atoms with van der Waals surface area (Å²) in [6, 6.07) is 1.64. The molecule has 0 saturated heterocycles. The van der Waals surface area contributed by atoms with Gasteiger partial charge in [0, 0.05) is 6.07 Å². The van der Waals surface area contributed by atoms with Crippen molar-refractivity contribution in [2.75, 3.05) is 12.4 Å². The molecular formula is C9H9N5O4. The molecule has 2 aromatic rings. The fraction of sp³-hybridized carbons (Fsp3) is 0.222. The number of rotatable bonds is 5. The highest BCUT2D eigenvalue weighted by Crippen LogP contribution is 2.30. The maximum absolute atomic E-state index is 10.9. The highest BCUT2D eigenvalue weighted by molar-refractivity contribution is 5.61. The van der Waals surface area contributed by atoms with Crippen molar-refractivity contribution in [2.45, 2.75) is 6.54 Å². The SMILES string of the molecule is COc1ncnc(NCc2ccon2)c1[N+](=O)[O-]. The number of hydrogen-bond donors (Lipinski definition) is 1. The number of nitrogens with zero attached hydrogens (tertiary/aromatic N) is 4. The van der Waals surface area contributed by atoms with Crippen LogP contribution in [0.3, 0.4) is 0 Å². The Bertz CT molecular complexity index is 542. The summed E-state index contributed by atoms with van der Waals surface area (Å²) in [5.41, 5.74) is 0.283. The van der Waals surface area contributed by atoms with E-state index in [2.05, 4.69) is 25.0 Å². The van der Waals surface area contributed by atoms with Crippen molar-refractivity contribution in [1.29, 1.82) is 0 Å². The Morgan fingerprint density at radius 1 is 1.56 bits per heavy atom. The summed E-state index contributed by atoms with van der Waals surface area (Å²) in [6.07, 6.45) is 2.59. The fourth-order valence-corrected chi connectivity index (χ4v) is 1.31. The Morgan fingerprint density at radius 2 is 2.39 bits per heavy atom. The van der Waals surface area contributed by atoms with Gasteiger partial charge in [-0.3, -0.25) is 10.1 Å². The van der Waals surface area contributed by atoms with E-state index in [1.165, 1.54) is 19.7 Å². The summed E-state index contributed by atoms with van der Waals surface area (Å²) in [5, 5.41) is 17.4. The maximum atomic E-state index is 10.9. The summed E-state index contributed by atoms with van der Waals surface area (Å²) in [6.45, 7) is 0.248. The fourth-order valence-electron chi connectivity index (χ4n) is 1.31. The number of anilines is 1. The average molecular weight is 251 g/mol. The molecule has 0 unspecified atom stereocenters. The second kappa shape index (κ2) is 5.08. The van der Waals surface area contributed by atoms with Crippen LogP contribution in [0, 0.1) is 10.1 Å². The number of aromatic nitrogens is 3. The van der Waals surface area contributed by atoms with Crippen LogP contribution in [0.4, 0.5) is 11.5 Å². The lowest BCUT2D eigenvalue weighted by Crippen LogP contribution is -2.07. The van der Waals surface area contributed by atoms with Gasteiger partial charge in [0.05, 0.1) is 18.6 Å². The van der Waals surface area contributed by atoms with Crippen LogP contribution in [0.1, 0.15) is 5.69 Å². The van der Waals surface area contributed by atoms with Crippen molar-refractivity contribution in [3.8, 4) is 5.88 Å². The number of ether oxygens (including phenoxy) is 1. The first-order valence-corrected chi connectivity index (χ1v) is 4.89. The number of nitrogens with one attached hydrogen (secondary N) is 1. The zero-order chi connectivity index (χ0) is 13.0. The van der Waals surface area contributed by atoms with Crippen LogP contribution in [0.15, 0.2) is 23.2 Å². The zero-order valence-corrected chi connectivity index (χ0v) is 9.36. The molecule has 9 nitrogen and oxygen atoms in total. The van der Waals surface area contributed by atoms with Gasteiger partial charge in [0.2, 0.25) is 5.82 Å². The van der Waals surface area contributed by atoms with E-state index in [0.29, 0.717) is 5.69 Å². The third kappa shape index (κ3) is 2.34. The molecule has 0 aliphatic rings. The van der Waals surface area contributed by atoms with Crippen LogP contribution >= 0.6 is 0 Å². The van der Waals surface area contributed by atoms with Gasteiger partial charge in [0.1, 0.15) is 18.3 Å². The summed E-state index contributed by atoms with van der Waals surface area (Å²) in [4.78, 5) is 17.8. The van der Waals surface area contributed by atoms with Crippen LogP contribution < -0.4 is 10.1 Å². The predicted octanol–water partition coefficient (Wildman–Crippen LogP) is 0.993. The standard InChI is InChI=1S/C9H9N5O4/c1-17-9-7(14(15)16)8(11-5-12-9)10-4-6-2-3-18-13-6/h2-3,5H,4H2,1H3,(H,10,11,12). The molecule has 1 N–H and O–H groups in total. The largest absolute Gasteiger partial charge is 0.476 e. The lowest BCUT2D eigenvalue weighted by atomic mass is 10.4. The average Bonchev–Trinajstić information content (AvgIpc) is 2.88. The van der Waals surface area contributed by atoms with Crippen LogP contribution in [-0.2, 0) is 6.54 Å². The molecule has 2 aromatic heterocycles. The molecule has 18 heavy (non-hydrogen) atoms. The molecule has 0 amide bonds. The molecule has 0 aromatic carbocycles. The molecule has 0 radical (unpaired) electrons. The van der Waals surface area contributed by atoms with Gasteiger partial charge in [0.25, 0.3) is 5.88 Å². The van der Waals surface area contributed by atoms with Crippen LogP contribution in [0.5, 0.6) is 5.88 Å². The molecule has 2 rings (SSSR count). The smallest absolute Gasteiger partial charge is 0.372 e. The molecule has 0 fully saturated rings. The van der Waals surface area contributed by atoms with E-state index < -0.39 is 4.92 Å². The number of hydrogen-bond acceptors (Lipinski definition) is 8. The minimum Gasteiger partial charge on any atom is -0.476 e. The normalized spacial score (nSPS) is 10.1. The van der Waals surface area contributed by atoms with Gasteiger partial charge in [-0.1, -0.05) is 5.16 Å². The van der Waals surface area contributed by atoms with Crippen molar-refractivity contribution in [3.63, 3.8) is 0 Å². The van der Waals surface area contributed by atoms with E-state index >= 15 is 0 Å². The number of methoxy groups -OCH3 is 1. The Balaban J connectivity index is 2.24. The zero-order valence-electron chi connectivity index (χ0n) is 9.36. The van der Waals surface area contributed by atoms with Crippen molar-refractivity contribution in [2.24, 2.45) is 0 Å². The highest BCUT2D eigenvalue weighted by Gasteiger charge is 2.23. The minimum atomic E-state index is -0.607. The third-order valence-corrected chi connectivity index (χ3v) is 2.09. The van der Waals surface area contributed by atoms with E-state index in [1.807, 2.05) is 0 Å². The van der Waals surface area contributed by atoms with Crippen LogP contribution in [-0.4, -0.2) is 27.2 Å². The summed E-state index contributed by atoms with van der Waals surface area (Å²) in [5.74, 6) is -0.0347. The number of nitro groups is 1. The lowest BCUT2D eigenvalue weighted by Gasteiger charge is -2.05. The third-order valence-electron chi connectivity index (χ3n) is 2.09. The van der Waals surface area contributed by atoms with Gasteiger partial charge in [0.15, 0.2) is 0 Å². The molecule has 94 valence electrons. The van der Waals surface area contributed by atoms with Gasteiger partial charge < -0.3 is 14.6 Å². The molecule has 0 spiro atoms. The maximum Gasteiger partial charge on any atom is 0.372 e. The second-order valence-corrected chi connectivity index (χ2v) is 3.18. The summed E-state index contributed by atoms with van der Waals surface area (Å²) >= 11 is 0. The second-order valence-electron chi connectivity index (χ2n) is 3.18. The minimum absolute atomic E-state index is 0.0647. The van der Waals surface area contributed by atoms with Gasteiger partial charge in [-0.05, 0) is 0 Å². The highest BCUT2D eigenvalue weighted by atomic mass is 16.6. The summed E-state index contributed by atoms with van der Waals surface area (Å²) < 4.78 is 9.46. The first kappa shape index (κ1) is 11.8. The predicted molar refractivity (Wildman–Crippen MR) is 59.1 cm³/mol. The van der Waals surface area contributed by atoms with Gasteiger partial charge >= 0.3 is 5.69 Å². The van der Waals surface area contributed by atoms with E-state index in [0.717, 1.165) is 0 Å². The van der Waals surface area contributed by atoms with Gasteiger partial charge in [-0.15, -0.1) is 0 Å². The summed E-state index contributed by atoms with van der Waals surface area (Å²) in [7, 11) is 1.30. The first-order valence-electron chi connectivity index (χ1n) is 4.89. The van der Waals surface area contributed by atoms with Crippen LogP contribution in [0.25, 0.3) is 0 Å². The van der Waals surface area contributed by atoms with E-state index in [-0.39, 0.29) is 23.9 Å². The topological polar surface area (TPSA) is 116 Å². The Morgan fingerprint density at radius 3 is 3.00 bits per heavy atom. The Hall–Kier alpha value is -2.71.